The second-order valence-electron chi connectivity index (χ2n) is 3.56. The van der Waals surface area contributed by atoms with Gasteiger partial charge in [-0.05, 0) is 12.8 Å². The second kappa shape index (κ2) is 5.22. The normalized spacial score (nSPS) is 16.8. The average molecular weight is 185 g/mol. The summed E-state index contributed by atoms with van der Waals surface area (Å²) in [5, 5.41) is 0. The smallest absolute Gasteiger partial charge is 0.230 e. The van der Waals surface area contributed by atoms with Crippen LogP contribution in [-0.4, -0.2) is 37.1 Å². The minimum atomic E-state index is 0.151. The van der Waals surface area contributed by atoms with E-state index in [1.54, 1.807) is 0 Å². The molecular weight excluding hydrogens is 166 g/mol. The standard InChI is InChI=1S/C10H19NO2/c1-3-5-11(6-4-2)10(12)9-7-13-8-9/h9H,3-8H2,1-2H3. The maximum atomic E-state index is 11.8. The van der Waals surface area contributed by atoms with E-state index in [1.165, 1.54) is 0 Å². The van der Waals surface area contributed by atoms with E-state index in [4.69, 9.17) is 4.74 Å². The van der Waals surface area contributed by atoms with Gasteiger partial charge in [0.25, 0.3) is 0 Å². The van der Waals surface area contributed by atoms with Gasteiger partial charge in [0, 0.05) is 13.1 Å². The van der Waals surface area contributed by atoms with Crippen LogP contribution in [0.4, 0.5) is 0 Å². The van der Waals surface area contributed by atoms with Gasteiger partial charge in [0.2, 0.25) is 5.91 Å². The topological polar surface area (TPSA) is 29.5 Å². The summed E-state index contributed by atoms with van der Waals surface area (Å²) in [7, 11) is 0. The van der Waals surface area contributed by atoms with Crippen molar-refractivity contribution in [1.82, 2.24) is 4.90 Å². The summed E-state index contributed by atoms with van der Waals surface area (Å²) in [6.45, 7) is 7.25. The molecule has 0 bridgehead atoms. The molecule has 3 nitrogen and oxygen atoms in total. The van der Waals surface area contributed by atoms with Crippen LogP contribution in [-0.2, 0) is 9.53 Å². The first kappa shape index (κ1) is 10.5. The Morgan fingerprint density at radius 2 is 1.85 bits per heavy atom. The van der Waals surface area contributed by atoms with Crippen LogP contribution in [0.5, 0.6) is 0 Å². The fourth-order valence-corrected chi connectivity index (χ4v) is 1.51. The molecular formula is C10H19NO2. The average Bonchev–Trinajstić information content (AvgIpc) is 2.01. The monoisotopic (exact) mass is 185 g/mol. The van der Waals surface area contributed by atoms with Crippen molar-refractivity contribution in [2.75, 3.05) is 26.3 Å². The van der Waals surface area contributed by atoms with Crippen LogP contribution >= 0.6 is 0 Å². The lowest BCUT2D eigenvalue weighted by Gasteiger charge is -2.31. The molecule has 1 amide bonds. The summed E-state index contributed by atoms with van der Waals surface area (Å²) in [5.74, 6) is 0.438. The van der Waals surface area contributed by atoms with Gasteiger partial charge in [-0.15, -0.1) is 0 Å². The number of carbonyl (C=O) groups excluding carboxylic acids is 1. The van der Waals surface area contributed by atoms with E-state index in [2.05, 4.69) is 13.8 Å². The van der Waals surface area contributed by atoms with Gasteiger partial charge in [0.15, 0.2) is 0 Å². The number of ether oxygens (including phenoxy) is 1. The van der Waals surface area contributed by atoms with Crippen molar-refractivity contribution >= 4 is 5.91 Å². The SMILES string of the molecule is CCCN(CCC)C(=O)C1COC1. The lowest BCUT2D eigenvalue weighted by atomic mass is 10.1. The molecule has 3 heteroatoms. The van der Waals surface area contributed by atoms with E-state index < -0.39 is 0 Å². The predicted molar refractivity (Wildman–Crippen MR) is 51.5 cm³/mol. The van der Waals surface area contributed by atoms with Crippen LogP contribution in [0.1, 0.15) is 26.7 Å². The largest absolute Gasteiger partial charge is 0.380 e. The third-order valence-electron chi connectivity index (χ3n) is 2.29. The number of hydrogen-bond donors (Lipinski definition) is 0. The molecule has 0 aromatic carbocycles. The molecule has 1 aliphatic heterocycles. The van der Waals surface area contributed by atoms with Gasteiger partial charge >= 0.3 is 0 Å². The van der Waals surface area contributed by atoms with Crippen LogP contribution in [0, 0.1) is 5.92 Å². The highest BCUT2D eigenvalue weighted by atomic mass is 16.5. The molecule has 0 atom stereocenters. The molecule has 0 spiro atoms. The van der Waals surface area contributed by atoms with E-state index >= 15 is 0 Å². The molecule has 0 aromatic heterocycles. The Morgan fingerprint density at radius 1 is 1.31 bits per heavy atom. The van der Waals surface area contributed by atoms with E-state index in [-0.39, 0.29) is 11.8 Å². The fourth-order valence-electron chi connectivity index (χ4n) is 1.51. The molecule has 0 unspecified atom stereocenters. The number of rotatable bonds is 5. The van der Waals surface area contributed by atoms with Crippen LogP contribution in [0.2, 0.25) is 0 Å². The zero-order valence-corrected chi connectivity index (χ0v) is 8.58. The summed E-state index contributed by atoms with van der Waals surface area (Å²) in [6.07, 6.45) is 2.08. The lowest BCUT2D eigenvalue weighted by molar-refractivity contribution is -0.149. The first-order valence-electron chi connectivity index (χ1n) is 5.16. The van der Waals surface area contributed by atoms with Gasteiger partial charge in [0.1, 0.15) is 0 Å². The first-order valence-corrected chi connectivity index (χ1v) is 5.16. The van der Waals surface area contributed by atoms with Crippen LogP contribution in [0.15, 0.2) is 0 Å². The first-order chi connectivity index (χ1) is 6.29. The summed E-state index contributed by atoms with van der Waals surface area (Å²) >= 11 is 0. The van der Waals surface area contributed by atoms with Gasteiger partial charge in [-0.25, -0.2) is 0 Å². The molecule has 1 saturated heterocycles. The molecule has 1 aliphatic rings. The number of carbonyl (C=O) groups is 1. The Labute approximate surface area is 80.1 Å². The summed E-state index contributed by atoms with van der Waals surface area (Å²) in [5.41, 5.74) is 0. The van der Waals surface area contributed by atoms with Crippen molar-refractivity contribution in [3.63, 3.8) is 0 Å². The maximum Gasteiger partial charge on any atom is 0.230 e. The molecule has 0 aliphatic carbocycles. The van der Waals surface area contributed by atoms with E-state index in [9.17, 15) is 4.79 Å². The molecule has 1 fully saturated rings. The molecule has 0 aromatic rings. The quantitative estimate of drug-likeness (QED) is 0.645. The van der Waals surface area contributed by atoms with Gasteiger partial charge in [-0.1, -0.05) is 13.8 Å². The van der Waals surface area contributed by atoms with E-state index in [1.807, 2.05) is 4.90 Å². The molecule has 0 N–H and O–H groups in total. The highest BCUT2D eigenvalue weighted by Crippen LogP contribution is 2.14. The van der Waals surface area contributed by atoms with Gasteiger partial charge in [-0.3, -0.25) is 4.79 Å². The highest BCUT2D eigenvalue weighted by molar-refractivity contribution is 5.79. The second-order valence-corrected chi connectivity index (χ2v) is 3.56. The highest BCUT2D eigenvalue weighted by Gasteiger charge is 2.29. The number of nitrogens with zero attached hydrogens (tertiary/aromatic N) is 1. The minimum absolute atomic E-state index is 0.151. The summed E-state index contributed by atoms with van der Waals surface area (Å²) in [4.78, 5) is 13.7. The zero-order chi connectivity index (χ0) is 9.68. The van der Waals surface area contributed by atoms with Crippen molar-refractivity contribution in [3.05, 3.63) is 0 Å². The Balaban J connectivity index is 2.37. The molecule has 0 radical (unpaired) electrons. The van der Waals surface area contributed by atoms with Crippen LogP contribution in [0.25, 0.3) is 0 Å². The van der Waals surface area contributed by atoms with Crippen molar-refractivity contribution in [1.29, 1.82) is 0 Å². The zero-order valence-electron chi connectivity index (χ0n) is 8.58. The van der Waals surface area contributed by atoms with Crippen molar-refractivity contribution in [3.8, 4) is 0 Å². The minimum Gasteiger partial charge on any atom is -0.380 e. The molecule has 0 saturated carbocycles. The number of hydrogen-bond acceptors (Lipinski definition) is 2. The van der Waals surface area contributed by atoms with Crippen molar-refractivity contribution in [2.45, 2.75) is 26.7 Å². The lowest BCUT2D eigenvalue weighted by Crippen LogP contribution is -2.45. The Hall–Kier alpha value is -0.570. The molecule has 1 heterocycles. The van der Waals surface area contributed by atoms with Gasteiger partial charge in [-0.2, -0.15) is 0 Å². The Morgan fingerprint density at radius 3 is 2.15 bits per heavy atom. The van der Waals surface area contributed by atoms with Crippen molar-refractivity contribution in [2.24, 2.45) is 5.92 Å². The van der Waals surface area contributed by atoms with Gasteiger partial charge < -0.3 is 9.64 Å². The summed E-state index contributed by atoms with van der Waals surface area (Å²) in [6, 6.07) is 0. The third-order valence-corrected chi connectivity index (χ3v) is 2.29. The van der Waals surface area contributed by atoms with E-state index in [0.29, 0.717) is 13.2 Å². The Kier molecular flexibility index (Phi) is 4.22. The summed E-state index contributed by atoms with van der Waals surface area (Å²) < 4.78 is 5.01. The van der Waals surface area contributed by atoms with Crippen LogP contribution in [0.3, 0.4) is 0 Å². The van der Waals surface area contributed by atoms with E-state index in [0.717, 1.165) is 25.9 Å². The Bertz CT molecular complexity index is 160. The maximum absolute atomic E-state index is 11.8. The number of amides is 1. The van der Waals surface area contributed by atoms with Crippen LogP contribution < -0.4 is 0 Å². The molecule has 13 heavy (non-hydrogen) atoms. The predicted octanol–water partition coefficient (Wildman–Crippen LogP) is 1.28. The van der Waals surface area contributed by atoms with Crippen molar-refractivity contribution < 1.29 is 9.53 Å². The van der Waals surface area contributed by atoms with Gasteiger partial charge in [0.05, 0.1) is 19.1 Å². The fraction of sp³-hybridized carbons (Fsp3) is 0.900. The third kappa shape index (κ3) is 2.69. The molecule has 76 valence electrons. The molecule has 1 rings (SSSR count).